The molecule has 2 aliphatic rings. The Labute approximate surface area is 176 Å². The Balaban J connectivity index is 1.43. The van der Waals surface area contributed by atoms with Crippen molar-refractivity contribution in [1.82, 2.24) is 5.32 Å². The predicted octanol–water partition coefficient (Wildman–Crippen LogP) is 2.87. The molecule has 0 atom stereocenters. The van der Waals surface area contributed by atoms with Gasteiger partial charge in [-0.2, -0.15) is 0 Å². The number of Topliss-reactive ketones (excluding diaryl/α,β-unsaturated/α-hetero) is 1. The van der Waals surface area contributed by atoms with E-state index in [2.05, 4.69) is 5.32 Å². The van der Waals surface area contributed by atoms with Gasteiger partial charge in [0.1, 0.15) is 5.76 Å². The van der Waals surface area contributed by atoms with E-state index in [-0.39, 0.29) is 29.3 Å². The molecule has 8 heteroatoms. The van der Waals surface area contributed by atoms with Crippen LogP contribution >= 0.6 is 0 Å². The first-order valence-corrected chi connectivity index (χ1v) is 11.7. The van der Waals surface area contributed by atoms with Crippen LogP contribution in [0.25, 0.3) is 0 Å². The third-order valence-electron chi connectivity index (χ3n) is 5.81. The van der Waals surface area contributed by atoms with E-state index in [1.807, 2.05) is 32.0 Å². The summed E-state index contributed by atoms with van der Waals surface area (Å²) in [5, 5.41) is 2.64. The molecule has 2 aromatic rings. The average Bonchev–Trinajstić information content (AvgIpc) is 3.22. The van der Waals surface area contributed by atoms with Gasteiger partial charge in [0.15, 0.2) is 11.5 Å². The molecule has 0 saturated heterocycles. The van der Waals surface area contributed by atoms with Crippen molar-refractivity contribution in [3.8, 4) is 0 Å². The van der Waals surface area contributed by atoms with E-state index in [0.29, 0.717) is 48.4 Å². The monoisotopic (exact) mass is 430 g/mol. The molecule has 0 fully saturated rings. The Morgan fingerprint density at radius 1 is 1.23 bits per heavy atom. The molecule has 0 spiro atoms. The minimum atomic E-state index is -3.55. The minimum absolute atomic E-state index is 0.0168. The van der Waals surface area contributed by atoms with Crippen molar-refractivity contribution in [3.05, 3.63) is 52.5 Å². The molecule has 1 aliphatic carbocycles. The van der Waals surface area contributed by atoms with Crippen LogP contribution in [-0.4, -0.2) is 39.0 Å². The molecule has 0 bridgehead atoms. The van der Waals surface area contributed by atoms with E-state index >= 15 is 0 Å². The molecule has 0 saturated carbocycles. The second-order valence-corrected chi connectivity index (χ2v) is 10.8. The topological polar surface area (TPSA) is 96.7 Å². The summed E-state index contributed by atoms with van der Waals surface area (Å²) in [6.07, 6.45) is 1.69. The lowest BCUT2D eigenvalue weighted by Crippen LogP contribution is -2.37. The summed E-state index contributed by atoms with van der Waals surface area (Å²) in [6, 6.07) is 7.44. The predicted molar refractivity (Wildman–Crippen MR) is 113 cm³/mol. The standard InChI is InChI=1S/C22H26N2O5S/c1-14-19-17(25)12-22(2,3)13-18(19)29-20(14)21(26)23-9-11-30(27,28)24-10-8-15-6-4-5-7-16(15)24/h4-7H,8-13H2,1-3H3,(H,23,26). The van der Waals surface area contributed by atoms with Gasteiger partial charge in [0, 0.05) is 31.5 Å². The Hall–Kier alpha value is -2.61. The molecule has 7 nitrogen and oxygen atoms in total. The molecule has 0 unspecified atom stereocenters. The van der Waals surface area contributed by atoms with Crippen molar-refractivity contribution in [3.63, 3.8) is 0 Å². The van der Waals surface area contributed by atoms with Crippen molar-refractivity contribution in [2.45, 2.75) is 40.0 Å². The van der Waals surface area contributed by atoms with Crippen LogP contribution in [0.5, 0.6) is 0 Å². The molecule has 4 rings (SSSR count). The number of nitrogens with one attached hydrogen (secondary N) is 1. The highest BCUT2D eigenvalue weighted by Gasteiger charge is 2.37. The van der Waals surface area contributed by atoms with Crippen molar-refractivity contribution < 1.29 is 22.4 Å². The highest BCUT2D eigenvalue weighted by Crippen LogP contribution is 2.38. The van der Waals surface area contributed by atoms with Crippen LogP contribution in [0.3, 0.4) is 0 Å². The maximum atomic E-state index is 12.8. The number of amides is 1. The number of furan rings is 1. The van der Waals surface area contributed by atoms with Gasteiger partial charge in [-0.05, 0) is 30.4 Å². The first-order valence-electron chi connectivity index (χ1n) is 10.1. The molecular weight excluding hydrogens is 404 g/mol. The molecule has 2 heterocycles. The number of hydrogen-bond donors (Lipinski definition) is 1. The van der Waals surface area contributed by atoms with Crippen molar-refractivity contribution in [1.29, 1.82) is 0 Å². The lowest BCUT2D eigenvalue weighted by Gasteiger charge is -2.27. The maximum absolute atomic E-state index is 12.8. The van der Waals surface area contributed by atoms with Crippen LogP contribution in [0.15, 0.2) is 28.7 Å². The summed E-state index contributed by atoms with van der Waals surface area (Å²) in [7, 11) is -3.55. The Morgan fingerprint density at radius 3 is 2.73 bits per heavy atom. The van der Waals surface area contributed by atoms with E-state index in [1.54, 1.807) is 13.0 Å². The average molecular weight is 431 g/mol. The Bertz CT molecular complexity index is 1130. The molecule has 0 radical (unpaired) electrons. The van der Waals surface area contributed by atoms with Gasteiger partial charge in [0.25, 0.3) is 5.91 Å². The van der Waals surface area contributed by atoms with Crippen LogP contribution in [-0.2, 0) is 22.9 Å². The highest BCUT2D eigenvalue weighted by atomic mass is 32.2. The zero-order valence-electron chi connectivity index (χ0n) is 17.4. The molecule has 1 aromatic heterocycles. The summed E-state index contributed by atoms with van der Waals surface area (Å²) in [6.45, 7) is 6.06. The highest BCUT2D eigenvalue weighted by molar-refractivity contribution is 7.92. The number of hydrogen-bond acceptors (Lipinski definition) is 5. The number of anilines is 1. The van der Waals surface area contributed by atoms with Gasteiger partial charge in [0.05, 0.1) is 17.0 Å². The fourth-order valence-corrected chi connectivity index (χ4v) is 5.81. The number of benzene rings is 1. The van der Waals surface area contributed by atoms with E-state index in [0.717, 1.165) is 5.56 Å². The third-order valence-corrected chi connectivity index (χ3v) is 7.58. The second-order valence-electron chi connectivity index (χ2n) is 8.82. The summed E-state index contributed by atoms with van der Waals surface area (Å²) in [4.78, 5) is 25.1. The van der Waals surface area contributed by atoms with E-state index < -0.39 is 15.9 Å². The molecule has 1 amide bonds. The van der Waals surface area contributed by atoms with Crippen molar-refractivity contribution in [2.75, 3.05) is 23.1 Å². The first-order chi connectivity index (χ1) is 14.1. The maximum Gasteiger partial charge on any atom is 0.287 e. The lowest BCUT2D eigenvalue weighted by atomic mass is 9.76. The summed E-state index contributed by atoms with van der Waals surface area (Å²) in [5.74, 6) is -0.0880. The molecule has 160 valence electrons. The number of fused-ring (bicyclic) bond motifs is 2. The zero-order chi connectivity index (χ0) is 21.7. The fraction of sp³-hybridized carbons (Fsp3) is 0.455. The SMILES string of the molecule is Cc1c(C(=O)NCCS(=O)(=O)N2CCc3ccccc32)oc2c1C(=O)CC(C)(C)C2. The zero-order valence-corrected chi connectivity index (χ0v) is 18.3. The summed E-state index contributed by atoms with van der Waals surface area (Å²) < 4.78 is 32.7. The molecule has 1 N–H and O–H groups in total. The largest absolute Gasteiger partial charge is 0.455 e. The number of para-hydroxylation sites is 1. The van der Waals surface area contributed by atoms with E-state index in [4.69, 9.17) is 4.42 Å². The number of ketones is 1. The first kappa shape index (κ1) is 20.7. The third kappa shape index (κ3) is 3.64. The fourth-order valence-electron chi connectivity index (χ4n) is 4.38. The minimum Gasteiger partial charge on any atom is -0.455 e. The summed E-state index contributed by atoms with van der Waals surface area (Å²) >= 11 is 0. The van der Waals surface area contributed by atoms with E-state index in [1.165, 1.54) is 4.31 Å². The van der Waals surface area contributed by atoms with Crippen LogP contribution < -0.4 is 9.62 Å². The molecule has 1 aromatic carbocycles. The van der Waals surface area contributed by atoms with Gasteiger partial charge in [0.2, 0.25) is 10.0 Å². The van der Waals surface area contributed by atoms with Gasteiger partial charge in [-0.25, -0.2) is 8.42 Å². The molecule has 30 heavy (non-hydrogen) atoms. The normalized spacial score (nSPS) is 17.6. The molecule has 1 aliphatic heterocycles. The second kappa shape index (κ2) is 7.27. The quantitative estimate of drug-likeness (QED) is 0.787. The van der Waals surface area contributed by atoms with Crippen LogP contribution in [0.1, 0.15) is 58.1 Å². The van der Waals surface area contributed by atoms with Gasteiger partial charge < -0.3 is 9.73 Å². The van der Waals surface area contributed by atoms with E-state index in [9.17, 15) is 18.0 Å². The van der Waals surface area contributed by atoms with Gasteiger partial charge in [-0.3, -0.25) is 13.9 Å². The van der Waals surface area contributed by atoms with Crippen molar-refractivity contribution in [2.24, 2.45) is 5.41 Å². The van der Waals surface area contributed by atoms with Crippen LogP contribution in [0, 0.1) is 12.3 Å². The smallest absolute Gasteiger partial charge is 0.287 e. The van der Waals surface area contributed by atoms with Gasteiger partial charge in [-0.15, -0.1) is 0 Å². The number of carbonyl (C=O) groups is 2. The van der Waals surface area contributed by atoms with Gasteiger partial charge >= 0.3 is 0 Å². The number of rotatable bonds is 5. The molecular formula is C22H26N2O5S. The Morgan fingerprint density at radius 2 is 1.97 bits per heavy atom. The Kier molecular flexibility index (Phi) is 5.00. The van der Waals surface area contributed by atoms with Crippen LogP contribution in [0.4, 0.5) is 5.69 Å². The van der Waals surface area contributed by atoms with Crippen LogP contribution in [0.2, 0.25) is 0 Å². The number of carbonyl (C=O) groups excluding carboxylic acids is 2. The number of nitrogens with zero attached hydrogens (tertiary/aromatic N) is 1. The number of sulfonamides is 1. The van der Waals surface area contributed by atoms with Gasteiger partial charge in [-0.1, -0.05) is 32.0 Å². The summed E-state index contributed by atoms with van der Waals surface area (Å²) in [5.41, 5.74) is 2.54. The lowest BCUT2D eigenvalue weighted by molar-refractivity contribution is 0.0889. The van der Waals surface area contributed by atoms with Crippen molar-refractivity contribution >= 4 is 27.4 Å².